The maximum Gasteiger partial charge on any atom is 0.223 e. The van der Waals surface area contributed by atoms with E-state index in [0.717, 1.165) is 51.4 Å². The number of rotatable bonds is 23. The van der Waals surface area contributed by atoms with Crippen molar-refractivity contribution in [2.75, 3.05) is 37.7 Å². The minimum Gasteiger partial charge on any atom is -0.488 e. The monoisotopic (exact) mass is 627 g/mol. The smallest absolute Gasteiger partial charge is 0.223 e. The van der Waals surface area contributed by atoms with Crippen LogP contribution in [0.5, 0.6) is 5.75 Å². The van der Waals surface area contributed by atoms with Crippen molar-refractivity contribution in [2.24, 2.45) is 0 Å². The Morgan fingerprint density at radius 3 is 1.70 bits per heavy atom. The first kappa shape index (κ1) is 35.8. The Balaban J connectivity index is 1.15. The lowest BCUT2D eigenvalue weighted by atomic mass is 10.0. The van der Waals surface area contributed by atoms with Crippen LogP contribution in [-0.4, -0.2) is 42.3 Å². The Labute approximate surface area is 280 Å². The van der Waals surface area contributed by atoms with E-state index in [2.05, 4.69) is 82.0 Å². The van der Waals surface area contributed by atoms with Crippen LogP contribution in [0.2, 0.25) is 0 Å². The third kappa shape index (κ3) is 13.4. The highest BCUT2D eigenvalue weighted by Gasteiger charge is 2.19. The van der Waals surface area contributed by atoms with Crippen LogP contribution in [0.1, 0.15) is 121 Å². The van der Waals surface area contributed by atoms with E-state index in [1.54, 1.807) is 0 Å². The van der Waals surface area contributed by atoms with Crippen LogP contribution >= 0.6 is 0 Å². The van der Waals surface area contributed by atoms with Gasteiger partial charge in [0, 0.05) is 56.7 Å². The van der Waals surface area contributed by atoms with Gasteiger partial charge in [-0.15, -0.1) is 0 Å². The molecule has 1 aromatic heterocycles. The molecular formula is C41H61N3O2. The van der Waals surface area contributed by atoms with Gasteiger partial charge in [0.1, 0.15) is 0 Å². The fraction of sp³-hybridized carbons (Fsp3) is 0.585. The summed E-state index contributed by atoms with van der Waals surface area (Å²) in [7, 11) is 0. The molecule has 2 aromatic carbocycles. The van der Waals surface area contributed by atoms with Crippen molar-refractivity contribution in [1.82, 2.24) is 9.47 Å². The number of para-hydroxylation sites is 1. The molecule has 252 valence electrons. The SMILES string of the molecule is CCCCCCCCCCCCCCCCCCOc1cn(Cc2ccccc2)c(CN2CCN(c3ccccc3)CC2)cc1=O. The standard InChI is InChI=1S/C41H61N3O2/c1-2-3-4-5-6-7-8-9-10-11-12-13-14-15-16-23-32-46-41-36-44(34-37-24-19-17-20-25-37)39(33-40(41)45)35-42-28-30-43(31-29-42)38-26-21-18-22-27-38/h17-22,24-27,33,36H,2-16,23,28-32,34-35H2,1H3. The van der Waals surface area contributed by atoms with E-state index in [9.17, 15) is 4.79 Å². The Bertz CT molecular complexity index is 1250. The molecule has 46 heavy (non-hydrogen) atoms. The van der Waals surface area contributed by atoms with Gasteiger partial charge < -0.3 is 14.2 Å². The molecule has 0 radical (unpaired) electrons. The van der Waals surface area contributed by atoms with Crippen molar-refractivity contribution in [2.45, 2.75) is 123 Å². The average molecular weight is 628 g/mol. The second kappa shape index (κ2) is 21.7. The predicted octanol–water partition coefficient (Wildman–Crippen LogP) is 9.86. The van der Waals surface area contributed by atoms with Crippen LogP contribution in [0.15, 0.2) is 77.7 Å². The highest BCUT2D eigenvalue weighted by molar-refractivity contribution is 5.46. The predicted molar refractivity (Wildman–Crippen MR) is 195 cm³/mol. The molecule has 0 bridgehead atoms. The molecule has 0 N–H and O–H groups in total. The maximum atomic E-state index is 13.2. The number of aromatic nitrogens is 1. The number of hydrogen-bond donors (Lipinski definition) is 0. The van der Waals surface area contributed by atoms with Crippen LogP contribution in [-0.2, 0) is 13.1 Å². The largest absolute Gasteiger partial charge is 0.488 e. The van der Waals surface area contributed by atoms with Crippen molar-refractivity contribution >= 4 is 5.69 Å². The molecule has 0 aliphatic carbocycles. The van der Waals surface area contributed by atoms with Gasteiger partial charge >= 0.3 is 0 Å². The molecular weight excluding hydrogens is 566 g/mol. The molecule has 0 amide bonds. The molecule has 0 saturated carbocycles. The van der Waals surface area contributed by atoms with Gasteiger partial charge in [0.2, 0.25) is 5.43 Å². The van der Waals surface area contributed by atoms with E-state index in [1.807, 2.05) is 12.3 Å². The van der Waals surface area contributed by atoms with Crippen LogP contribution in [0, 0.1) is 0 Å². The Hall–Kier alpha value is -3.05. The van der Waals surface area contributed by atoms with Crippen molar-refractivity contribution < 1.29 is 4.74 Å². The zero-order valence-corrected chi connectivity index (χ0v) is 28.8. The highest BCUT2D eigenvalue weighted by Crippen LogP contribution is 2.19. The quantitative estimate of drug-likeness (QED) is 0.0981. The van der Waals surface area contributed by atoms with Gasteiger partial charge in [0.15, 0.2) is 5.75 Å². The first-order valence-corrected chi connectivity index (χ1v) is 18.7. The molecule has 2 heterocycles. The number of pyridine rings is 1. The summed E-state index contributed by atoms with van der Waals surface area (Å²) in [5.41, 5.74) is 3.56. The fourth-order valence-electron chi connectivity index (χ4n) is 6.63. The molecule has 0 spiro atoms. The van der Waals surface area contributed by atoms with Gasteiger partial charge in [-0.25, -0.2) is 0 Å². The number of unbranched alkanes of at least 4 members (excludes halogenated alkanes) is 15. The highest BCUT2D eigenvalue weighted by atomic mass is 16.5. The topological polar surface area (TPSA) is 37.7 Å². The number of nitrogens with zero attached hydrogens (tertiary/aromatic N) is 3. The number of hydrogen-bond acceptors (Lipinski definition) is 4. The summed E-state index contributed by atoms with van der Waals surface area (Å²) in [6.07, 6.45) is 23.6. The summed E-state index contributed by atoms with van der Waals surface area (Å²) >= 11 is 0. The molecule has 3 aromatic rings. The summed E-state index contributed by atoms with van der Waals surface area (Å²) in [6.45, 7) is 8.34. The lowest BCUT2D eigenvalue weighted by Crippen LogP contribution is -2.46. The summed E-state index contributed by atoms with van der Waals surface area (Å²) in [4.78, 5) is 18.1. The average Bonchev–Trinajstić information content (AvgIpc) is 3.09. The van der Waals surface area contributed by atoms with Gasteiger partial charge in [-0.1, -0.05) is 152 Å². The van der Waals surface area contributed by atoms with E-state index in [-0.39, 0.29) is 5.43 Å². The van der Waals surface area contributed by atoms with Crippen LogP contribution < -0.4 is 15.1 Å². The van der Waals surface area contributed by atoms with Gasteiger partial charge in [-0.2, -0.15) is 0 Å². The zero-order chi connectivity index (χ0) is 32.1. The second-order valence-electron chi connectivity index (χ2n) is 13.4. The van der Waals surface area contributed by atoms with Gasteiger partial charge in [-0.05, 0) is 24.1 Å². The minimum atomic E-state index is -0.00118. The van der Waals surface area contributed by atoms with Gasteiger partial charge in [0.25, 0.3) is 0 Å². The first-order chi connectivity index (χ1) is 22.7. The van der Waals surface area contributed by atoms with Crippen LogP contribution in [0.25, 0.3) is 0 Å². The minimum absolute atomic E-state index is 0.00118. The molecule has 1 aliphatic heterocycles. The van der Waals surface area contributed by atoms with Crippen molar-refractivity contribution in [3.8, 4) is 5.75 Å². The van der Waals surface area contributed by atoms with E-state index >= 15 is 0 Å². The normalized spacial score (nSPS) is 13.7. The van der Waals surface area contributed by atoms with Crippen molar-refractivity contribution in [3.05, 3.63) is 94.4 Å². The molecule has 1 aliphatic rings. The summed E-state index contributed by atoms with van der Waals surface area (Å²) < 4.78 is 8.31. The van der Waals surface area contributed by atoms with Gasteiger partial charge in [0.05, 0.1) is 12.8 Å². The summed E-state index contributed by atoms with van der Waals surface area (Å²) in [5.74, 6) is 0.481. The first-order valence-electron chi connectivity index (χ1n) is 18.7. The van der Waals surface area contributed by atoms with Crippen molar-refractivity contribution in [1.29, 1.82) is 0 Å². The number of piperazine rings is 1. The Kier molecular flexibility index (Phi) is 16.9. The molecule has 1 saturated heterocycles. The van der Waals surface area contributed by atoms with E-state index in [4.69, 9.17) is 4.74 Å². The van der Waals surface area contributed by atoms with E-state index in [1.165, 1.54) is 108 Å². The number of anilines is 1. The number of ether oxygens (including phenoxy) is 1. The van der Waals surface area contributed by atoms with Crippen LogP contribution in [0.4, 0.5) is 5.69 Å². The maximum absolute atomic E-state index is 13.2. The molecule has 4 rings (SSSR count). The van der Waals surface area contributed by atoms with E-state index < -0.39 is 0 Å². The van der Waals surface area contributed by atoms with Gasteiger partial charge in [-0.3, -0.25) is 9.69 Å². The fourth-order valence-corrected chi connectivity index (χ4v) is 6.63. The zero-order valence-electron chi connectivity index (χ0n) is 28.8. The lowest BCUT2D eigenvalue weighted by Gasteiger charge is -2.36. The molecule has 0 unspecified atom stereocenters. The third-order valence-corrected chi connectivity index (χ3v) is 9.51. The van der Waals surface area contributed by atoms with Crippen LogP contribution in [0.3, 0.4) is 0 Å². The van der Waals surface area contributed by atoms with Crippen molar-refractivity contribution in [3.63, 3.8) is 0 Å². The Morgan fingerprint density at radius 2 is 1.13 bits per heavy atom. The molecule has 5 heteroatoms. The lowest BCUT2D eigenvalue weighted by molar-refractivity contribution is 0.242. The summed E-state index contributed by atoms with van der Waals surface area (Å²) in [5, 5.41) is 0. The molecule has 1 fully saturated rings. The Morgan fingerprint density at radius 1 is 0.609 bits per heavy atom. The molecule has 5 nitrogen and oxygen atoms in total. The molecule has 0 atom stereocenters. The summed E-state index contributed by atoms with van der Waals surface area (Å²) in [6, 6.07) is 23.0. The second-order valence-corrected chi connectivity index (χ2v) is 13.4. The third-order valence-electron chi connectivity index (χ3n) is 9.51. The van der Waals surface area contributed by atoms with E-state index in [0.29, 0.717) is 12.4 Å². The number of benzene rings is 2.